The molecule has 5 heteroatoms. The lowest BCUT2D eigenvalue weighted by atomic mass is 9.95. The normalized spacial score (nSPS) is 26.0. The van der Waals surface area contributed by atoms with Gasteiger partial charge in [-0.05, 0) is 37.5 Å². The summed E-state index contributed by atoms with van der Waals surface area (Å²) in [6.07, 6.45) is 14.0. The summed E-state index contributed by atoms with van der Waals surface area (Å²) in [5.74, 6) is 1.62. The summed E-state index contributed by atoms with van der Waals surface area (Å²) in [6, 6.07) is 0.962. The van der Waals surface area contributed by atoms with E-state index in [1.165, 1.54) is 50.6 Å². The minimum Gasteiger partial charge on any atom is -0.338 e. The number of aromatic nitrogens is 2. The maximum atomic E-state index is 12.8. The van der Waals surface area contributed by atoms with Crippen LogP contribution >= 0.6 is 0 Å². The number of rotatable bonds is 6. The van der Waals surface area contributed by atoms with Gasteiger partial charge in [-0.1, -0.05) is 33.1 Å². The van der Waals surface area contributed by atoms with Crippen molar-refractivity contribution in [2.75, 3.05) is 19.6 Å². The van der Waals surface area contributed by atoms with Crippen molar-refractivity contribution in [2.45, 2.75) is 83.8 Å². The van der Waals surface area contributed by atoms with Gasteiger partial charge >= 0.3 is 0 Å². The average molecular weight is 373 g/mol. The molecule has 1 unspecified atom stereocenters. The summed E-state index contributed by atoms with van der Waals surface area (Å²) in [4.78, 5) is 22.0. The van der Waals surface area contributed by atoms with E-state index in [2.05, 4.69) is 33.2 Å². The molecule has 0 bridgehead atoms. The third-order valence-electron chi connectivity index (χ3n) is 6.83. The lowest BCUT2D eigenvalue weighted by Crippen LogP contribution is -2.47. The van der Waals surface area contributed by atoms with Gasteiger partial charge in [0, 0.05) is 50.9 Å². The molecule has 2 aliphatic carbocycles. The van der Waals surface area contributed by atoms with Gasteiger partial charge in [-0.3, -0.25) is 9.69 Å². The highest BCUT2D eigenvalue weighted by atomic mass is 16.2. The van der Waals surface area contributed by atoms with E-state index in [1.807, 2.05) is 12.5 Å². The Morgan fingerprint density at radius 3 is 2.63 bits per heavy atom. The molecule has 0 radical (unpaired) electrons. The second-order valence-electron chi connectivity index (χ2n) is 9.37. The second-order valence-corrected chi connectivity index (χ2v) is 9.37. The molecule has 0 aromatic carbocycles. The van der Waals surface area contributed by atoms with Gasteiger partial charge in [0.15, 0.2) is 0 Å². The van der Waals surface area contributed by atoms with Crippen LogP contribution in [0.3, 0.4) is 0 Å². The van der Waals surface area contributed by atoms with Gasteiger partial charge in [0.25, 0.3) is 0 Å². The van der Waals surface area contributed by atoms with Crippen molar-refractivity contribution in [3.63, 3.8) is 0 Å². The zero-order chi connectivity index (χ0) is 18.8. The molecule has 1 amide bonds. The molecular weight excluding hydrogens is 336 g/mol. The highest BCUT2D eigenvalue weighted by Crippen LogP contribution is 2.33. The molecule has 3 aliphatic rings. The molecule has 150 valence electrons. The number of carbonyl (C=O) groups excluding carboxylic acids is 1. The Labute approximate surface area is 164 Å². The molecule has 1 aliphatic heterocycles. The predicted molar refractivity (Wildman–Crippen MR) is 107 cm³/mol. The standard InChI is InChI=1S/C22H36N4O/c1-17(2)21-15-24(11-10-22(27)25(21)13-18-8-9-18)14-20-12-23-16-26(20)19-6-4-3-5-7-19/h12,16-19,21H,3-11,13-15H2,1-2H3. The molecule has 3 fully saturated rings. The van der Waals surface area contributed by atoms with E-state index in [-0.39, 0.29) is 0 Å². The van der Waals surface area contributed by atoms with E-state index in [4.69, 9.17) is 0 Å². The first-order valence-electron chi connectivity index (χ1n) is 11.1. The summed E-state index contributed by atoms with van der Waals surface area (Å²) in [6.45, 7) is 8.31. The fraction of sp³-hybridized carbons (Fsp3) is 0.818. The number of carbonyl (C=O) groups is 1. The number of nitrogens with zero attached hydrogens (tertiary/aromatic N) is 4. The van der Waals surface area contributed by atoms with E-state index in [1.54, 1.807) is 0 Å². The van der Waals surface area contributed by atoms with Gasteiger partial charge in [0.05, 0.1) is 12.0 Å². The molecule has 0 N–H and O–H groups in total. The van der Waals surface area contributed by atoms with Crippen LogP contribution in [0.15, 0.2) is 12.5 Å². The molecule has 4 rings (SSSR count). The molecule has 2 saturated carbocycles. The van der Waals surface area contributed by atoms with Crippen LogP contribution in [0.25, 0.3) is 0 Å². The van der Waals surface area contributed by atoms with Crippen LogP contribution in [0.4, 0.5) is 0 Å². The maximum Gasteiger partial charge on any atom is 0.224 e. The fourth-order valence-corrected chi connectivity index (χ4v) is 4.94. The topological polar surface area (TPSA) is 41.4 Å². The van der Waals surface area contributed by atoms with E-state index >= 15 is 0 Å². The monoisotopic (exact) mass is 372 g/mol. The van der Waals surface area contributed by atoms with Crippen LogP contribution in [-0.2, 0) is 11.3 Å². The first kappa shape index (κ1) is 19.0. The molecule has 1 saturated heterocycles. The Balaban J connectivity index is 1.46. The number of amides is 1. The molecule has 1 atom stereocenters. The molecule has 5 nitrogen and oxygen atoms in total. The van der Waals surface area contributed by atoms with Crippen LogP contribution in [0.5, 0.6) is 0 Å². The second kappa shape index (κ2) is 8.34. The van der Waals surface area contributed by atoms with Crippen molar-refractivity contribution in [2.24, 2.45) is 11.8 Å². The molecular formula is C22H36N4O. The van der Waals surface area contributed by atoms with Crippen molar-refractivity contribution >= 4 is 5.91 Å². The van der Waals surface area contributed by atoms with Crippen LogP contribution in [-0.4, -0.2) is 50.9 Å². The van der Waals surface area contributed by atoms with Crippen molar-refractivity contribution in [3.8, 4) is 0 Å². The Morgan fingerprint density at radius 1 is 1.15 bits per heavy atom. The number of hydrogen-bond acceptors (Lipinski definition) is 3. The van der Waals surface area contributed by atoms with Crippen molar-refractivity contribution in [3.05, 3.63) is 18.2 Å². The minimum atomic E-state index is 0.339. The third kappa shape index (κ3) is 4.56. The molecule has 0 spiro atoms. The zero-order valence-corrected chi connectivity index (χ0v) is 17.1. The zero-order valence-electron chi connectivity index (χ0n) is 17.1. The van der Waals surface area contributed by atoms with E-state index < -0.39 is 0 Å². The van der Waals surface area contributed by atoms with Crippen molar-refractivity contribution < 1.29 is 4.79 Å². The van der Waals surface area contributed by atoms with Gasteiger partial charge < -0.3 is 9.47 Å². The minimum absolute atomic E-state index is 0.339. The summed E-state index contributed by atoms with van der Waals surface area (Å²) < 4.78 is 2.43. The van der Waals surface area contributed by atoms with Gasteiger partial charge in [-0.25, -0.2) is 4.98 Å². The Bertz CT molecular complexity index is 630. The molecule has 2 heterocycles. The van der Waals surface area contributed by atoms with Crippen LogP contribution in [0, 0.1) is 11.8 Å². The third-order valence-corrected chi connectivity index (χ3v) is 6.83. The highest BCUT2D eigenvalue weighted by Gasteiger charge is 2.35. The maximum absolute atomic E-state index is 12.8. The summed E-state index contributed by atoms with van der Waals surface area (Å²) in [7, 11) is 0. The predicted octanol–water partition coefficient (Wildman–Crippen LogP) is 3.86. The summed E-state index contributed by atoms with van der Waals surface area (Å²) >= 11 is 0. The first-order chi connectivity index (χ1) is 13.1. The summed E-state index contributed by atoms with van der Waals surface area (Å²) in [5.41, 5.74) is 1.33. The highest BCUT2D eigenvalue weighted by molar-refractivity contribution is 5.77. The van der Waals surface area contributed by atoms with E-state index in [0.29, 0.717) is 30.3 Å². The molecule has 1 aromatic rings. The summed E-state index contributed by atoms with van der Waals surface area (Å²) in [5, 5.41) is 0. The first-order valence-corrected chi connectivity index (χ1v) is 11.1. The van der Waals surface area contributed by atoms with Crippen LogP contribution in [0.1, 0.15) is 76.9 Å². The van der Waals surface area contributed by atoms with Crippen molar-refractivity contribution in [1.29, 1.82) is 0 Å². The average Bonchev–Trinajstić information content (AvgIpc) is 3.40. The van der Waals surface area contributed by atoms with Gasteiger partial charge in [0.1, 0.15) is 0 Å². The van der Waals surface area contributed by atoms with Gasteiger partial charge in [0.2, 0.25) is 5.91 Å². The van der Waals surface area contributed by atoms with Gasteiger partial charge in [-0.2, -0.15) is 0 Å². The SMILES string of the molecule is CC(C)C1CN(Cc2cncn2C2CCCCC2)CCC(=O)N1CC1CC1. The fourth-order valence-electron chi connectivity index (χ4n) is 4.94. The van der Waals surface area contributed by atoms with Crippen molar-refractivity contribution in [1.82, 2.24) is 19.4 Å². The van der Waals surface area contributed by atoms with Gasteiger partial charge in [-0.15, -0.1) is 0 Å². The van der Waals surface area contributed by atoms with E-state index in [0.717, 1.165) is 32.1 Å². The smallest absolute Gasteiger partial charge is 0.224 e. The number of imidazole rings is 1. The van der Waals surface area contributed by atoms with Crippen LogP contribution < -0.4 is 0 Å². The molecule has 1 aromatic heterocycles. The largest absolute Gasteiger partial charge is 0.338 e. The molecule has 27 heavy (non-hydrogen) atoms. The Hall–Kier alpha value is -1.36. The Kier molecular flexibility index (Phi) is 5.86. The van der Waals surface area contributed by atoms with E-state index in [9.17, 15) is 4.79 Å². The van der Waals surface area contributed by atoms with Crippen LogP contribution in [0.2, 0.25) is 0 Å². The Morgan fingerprint density at radius 2 is 1.93 bits per heavy atom. The number of hydrogen-bond donors (Lipinski definition) is 0. The quantitative estimate of drug-likeness (QED) is 0.761. The lowest BCUT2D eigenvalue weighted by Gasteiger charge is -2.35. The lowest BCUT2D eigenvalue weighted by molar-refractivity contribution is -0.133.